The first-order valence-corrected chi connectivity index (χ1v) is 16.4. The van der Waals surface area contributed by atoms with E-state index in [1.807, 2.05) is 18.2 Å². The quantitative estimate of drug-likeness (QED) is 0.322. The first kappa shape index (κ1) is 31.6. The van der Waals surface area contributed by atoms with Crippen LogP contribution in [0.5, 0.6) is 0 Å². The SMILES string of the molecule is CC(C)(C)[C@H]1CC[C@H](C(=O)Nc2cc(NC(=O)C3CCCCC3)cc(NC(=O)[C@H]3CC[C@H](C(C)(C)C)CC3)c2)CC1. The standard InChI is InChI=1S/C35H55N3O3/c1-34(2,3)26-16-12-24(13-17-26)32(40)37-29-20-28(36-31(39)23-10-8-7-9-11-23)21-30(22-29)38-33(41)25-14-18-27(19-15-25)35(4,5)6/h20-27H,7-19H2,1-6H3,(H,36,39)(H,37,40)(H,38,41)/t24-,25-,26-,27-. The van der Waals surface area contributed by atoms with E-state index in [9.17, 15) is 14.4 Å². The average molecular weight is 566 g/mol. The molecule has 6 nitrogen and oxygen atoms in total. The monoisotopic (exact) mass is 565 g/mol. The summed E-state index contributed by atoms with van der Waals surface area (Å²) in [6.07, 6.45) is 13.1. The maximum Gasteiger partial charge on any atom is 0.227 e. The van der Waals surface area contributed by atoms with Crippen LogP contribution in [0.1, 0.15) is 125 Å². The molecule has 3 fully saturated rings. The van der Waals surface area contributed by atoms with Crippen molar-refractivity contribution in [1.29, 1.82) is 0 Å². The Morgan fingerprint density at radius 2 is 0.780 bits per heavy atom. The maximum atomic E-state index is 13.3. The number of amides is 3. The minimum absolute atomic E-state index is 0.00914. The van der Waals surface area contributed by atoms with Crippen LogP contribution in [0.2, 0.25) is 0 Å². The summed E-state index contributed by atoms with van der Waals surface area (Å²) in [5, 5.41) is 9.37. The largest absolute Gasteiger partial charge is 0.326 e. The van der Waals surface area contributed by atoms with Crippen molar-refractivity contribution in [2.24, 2.45) is 40.4 Å². The molecule has 0 heterocycles. The normalized spacial score (nSPS) is 26.2. The lowest BCUT2D eigenvalue weighted by Crippen LogP contribution is -2.32. The van der Waals surface area contributed by atoms with E-state index >= 15 is 0 Å². The predicted molar refractivity (Wildman–Crippen MR) is 169 cm³/mol. The third kappa shape index (κ3) is 8.81. The number of anilines is 3. The van der Waals surface area contributed by atoms with Gasteiger partial charge in [0, 0.05) is 34.8 Å². The number of hydrogen-bond donors (Lipinski definition) is 3. The molecular weight excluding hydrogens is 510 g/mol. The number of rotatable bonds is 6. The summed E-state index contributed by atoms with van der Waals surface area (Å²) in [4.78, 5) is 39.7. The Kier molecular flexibility index (Phi) is 10.2. The molecule has 1 aromatic rings. The van der Waals surface area contributed by atoms with Gasteiger partial charge < -0.3 is 16.0 Å². The van der Waals surface area contributed by atoms with Crippen molar-refractivity contribution >= 4 is 34.8 Å². The maximum absolute atomic E-state index is 13.3. The van der Waals surface area contributed by atoms with E-state index in [4.69, 9.17) is 0 Å². The average Bonchev–Trinajstić information content (AvgIpc) is 2.92. The summed E-state index contributed by atoms with van der Waals surface area (Å²) in [6.45, 7) is 13.7. The van der Waals surface area contributed by atoms with E-state index in [1.165, 1.54) is 6.42 Å². The van der Waals surface area contributed by atoms with E-state index in [0.717, 1.165) is 77.0 Å². The van der Waals surface area contributed by atoms with Crippen LogP contribution in [0.3, 0.4) is 0 Å². The molecule has 3 amide bonds. The van der Waals surface area contributed by atoms with Crippen LogP contribution >= 0.6 is 0 Å². The van der Waals surface area contributed by atoms with Crippen molar-refractivity contribution in [3.05, 3.63) is 18.2 Å². The van der Waals surface area contributed by atoms with E-state index in [-0.39, 0.29) is 46.3 Å². The summed E-state index contributed by atoms with van der Waals surface area (Å²) in [7, 11) is 0. The molecule has 0 unspecified atom stereocenters. The topological polar surface area (TPSA) is 87.3 Å². The molecule has 3 aliphatic rings. The van der Waals surface area contributed by atoms with Crippen LogP contribution in [-0.2, 0) is 14.4 Å². The van der Waals surface area contributed by atoms with Gasteiger partial charge in [-0.25, -0.2) is 0 Å². The molecule has 228 valence electrons. The minimum atomic E-state index is -0.00914. The van der Waals surface area contributed by atoms with Crippen molar-refractivity contribution in [3.63, 3.8) is 0 Å². The zero-order chi connectivity index (χ0) is 29.8. The second-order valence-electron chi connectivity index (χ2n) is 15.4. The van der Waals surface area contributed by atoms with Crippen molar-refractivity contribution in [2.45, 2.75) is 125 Å². The first-order valence-electron chi connectivity index (χ1n) is 16.4. The molecule has 41 heavy (non-hydrogen) atoms. The second kappa shape index (κ2) is 13.3. The fourth-order valence-electron chi connectivity index (χ4n) is 7.39. The van der Waals surface area contributed by atoms with Crippen molar-refractivity contribution < 1.29 is 14.4 Å². The smallest absolute Gasteiger partial charge is 0.227 e. The van der Waals surface area contributed by atoms with Gasteiger partial charge in [0.05, 0.1) is 0 Å². The number of hydrogen-bond acceptors (Lipinski definition) is 3. The first-order chi connectivity index (χ1) is 19.3. The second-order valence-corrected chi connectivity index (χ2v) is 15.4. The molecule has 6 heteroatoms. The van der Waals surface area contributed by atoms with Gasteiger partial charge in [0.15, 0.2) is 0 Å². The van der Waals surface area contributed by atoms with Gasteiger partial charge in [-0.05, 0) is 105 Å². The third-order valence-corrected chi connectivity index (χ3v) is 10.4. The van der Waals surface area contributed by atoms with Gasteiger partial charge in [0.2, 0.25) is 17.7 Å². The molecule has 3 saturated carbocycles. The predicted octanol–water partition coefficient (Wildman–Crippen LogP) is 8.79. The molecule has 0 atom stereocenters. The van der Waals surface area contributed by atoms with Gasteiger partial charge >= 0.3 is 0 Å². The third-order valence-electron chi connectivity index (χ3n) is 10.4. The van der Waals surface area contributed by atoms with E-state index in [1.54, 1.807) is 0 Å². The van der Waals surface area contributed by atoms with Gasteiger partial charge in [0.1, 0.15) is 0 Å². The van der Waals surface area contributed by atoms with E-state index in [0.29, 0.717) is 28.9 Å². The fraction of sp³-hybridized carbons (Fsp3) is 0.743. The van der Waals surface area contributed by atoms with Gasteiger partial charge in [0.25, 0.3) is 0 Å². The molecule has 3 aliphatic carbocycles. The van der Waals surface area contributed by atoms with Crippen LogP contribution in [0.4, 0.5) is 17.1 Å². The highest BCUT2D eigenvalue weighted by molar-refractivity contribution is 5.99. The molecule has 3 N–H and O–H groups in total. The lowest BCUT2D eigenvalue weighted by Gasteiger charge is -2.36. The number of carbonyl (C=O) groups is 3. The van der Waals surface area contributed by atoms with Crippen molar-refractivity contribution in [2.75, 3.05) is 16.0 Å². The number of benzene rings is 1. The molecule has 0 spiro atoms. The Morgan fingerprint density at radius 1 is 0.488 bits per heavy atom. The van der Waals surface area contributed by atoms with Crippen molar-refractivity contribution in [3.8, 4) is 0 Å². The molecule has 0 radical (unpaired) electrons. The fourth-order valence-corrected chi connectivity index (χ4v) is 7.39. The lowest BCUT2D eigenvalue weighted by atomic mass is 9.69. The highest BCUT2D eigenvalue weighted by Gasteiger charge is 2.34. The Balaban J connectivity index is 1.45. The lowest BCUT2D eigenvalue weighted by molar-refractivity contribution is -0.122. The van der Waals surface area contributed by atoms with Gasteiger partial charge in [-0.3, -0.25) is 14.4 Å². The Bertz CT molecular complexity index is 995. The van der Waals surface area contributed by atoms with Crippen LogP contribution in [0.25, 0.3) is 0 Å². The molecule has 0 aromatic heterocycles. The summed E-state index contributed by atoms with van der Waals surface area (Å²) in [5.41, 5.74) is 2.42. The van der Waals surface area contributed by atoms with Crippen molar-refractivity contribution in [1.82, 2.24) is 0 Å². The highest BCUT2D eigenvalue weighted by atomic mass is 16.2. The molecular formula is C35H55N3O3. The molecule has 1 aromatic carbocycles. The zero-order valence-electron chi connectivity index (χ0n) is 26.5. The van der Waals surface area contributed by atoms with Gasteiger partial charge in [-0.15, -0.1) is 0 Å². The number of nitrogens with one attached hydrogen (secondary N) is 3. The summed E-state index contributed by atoms with van der Waals surface area (Å²) in [6, 6.07) is 5.51. The molecule has 4 rings (SSSR count). The Labute approximate surface area is 248 Å². The zero-order valence-corrected chi connectivity index (χ0v) is 26.5. The molecule has 0 bridgehead atoms. The molecule has 0 aliphatic heterocycles. The van der Waals surface area contributed by atoms with Crippen LogP contribution in [0, 0.1) is 40.4 Å². The Hall–Kier alpha value is -2.37. The minimum Gasteiger partial charge on any atom is -0.326 e. The summed E-state index contributed by atoms with van der Waals surface area (Å²) >= 11 is 0. The van der Waals surface area contributed by atoms with Crippen LogP contribution in [-0.4, -0.2) is 17.7 Å². The molecule has 0 saturated heterocycles. The Morgan fingerprint density at radius 3 is 1.07 bits per heavy atom. The van der Waals surface area contributed by atoms with E-state index < -0.39 is 0 Å². The van der Waals surface area contributed by atoms with Crippen LogP contribution < -0.4 is 16.0 Å². The van der Waals surface area contributed by atoms with Gasteiger partial charge in [-0.2, -0.15) is 0 Å². The number of carbonyl (C=O) groups excluding carboxylic acids is 3. The highest BCUT2D eigenvalue weighted by Crippen LogP contribution is 2.41. The summed E-state index contributed by atoms with van der Waals surface area (Å²) < 4.78 is 0. The van der Waals surface area contributed by atoms with E-state index in [2.05, 4.69) is 57.5 Å². The van der Waals surface area contributed by atoms with Crippen LogP contribution in [0.15, 0.2) is 18.2 Å². The summed E-state index contributed by atoms with van der Waals surface area (Å²) in [5.74, 6) is 1.39. The van der Waals surface area contributed by atoms with Gasteiger partial charge in [-0.1, -0.05) is 60.8 Å².